The number of imidazole rings is 1. The molecule has 1 aromatic carbocycles. The van der Waals surface area contributed by atoms with Gasteiger partial charge in [0.15, 0.2) is 14.6 Å². The summed E-state index contributed by atoms with van der Waals surface area (Å²) in [5.41, 5.74) is 1.35. The third-order valence-electron chi connectivity index (χ3n) is 3.28. The molecular weight excluding hydrogens is 308 g/mol. The number of sulfone groups is 1. The second-order valence-corrected chi connectivity index (χ2v) is 7.14. The van der Waals surface area contributed by atoms with Gasteiger partial charge in [0.1, 0.15) is 0 Å². The zero-order valence-corrected chi connectivity index (χ0v) is 13.0. The fraction of sp³-hybridized carbons (Fsp3) is 0.231. The van der Waals surface area contributed by atoms with E-state index in [2.05, 4.69) is 10.1 Å². The number of benzene rings is 1. The average molecular weight is 322 g/mol. The van der Waals surface area contributed by atoms with Crippen LogP contribution in [0.2, 0.25) is 0 Å². The van der Waals surface area contributed by atoms with Crippen molar-refractivity contribution in [2.45, 2.75) is 18.0 Å². The number of nitrogens with zero attached hydrogens (tertiary/aromatic N) is 3. The number of aromatic nitrogens is 4. The minimum absolute atomic E-state index is 0.268. The van der Waals surface area contributed by atoms with Gasteiger partial charge in [-0.25, -0.2) is 8.42 Å². The Hall–Kier alpha value is -1.93. The predicted molar refractivity (Wildman–Crippen MR) is 82.5 cm³/mol. The second kappa shape index (κ2) is 5.12. The van der Waals surface area contributed by atoms with Crippen molar-refractivity contribution in [3.63, 3.8) is 0 Å². The van der Waals surface area contributed by atoms with Crippen LogP contribution in [0.25, 0.3) is 11.0 Å². The van der Waals surface area contributed by atoms with Crippen LogP contribution in [-0.4, -0.2) is 34.0 Å². The van der Waals surface area contributed by atoms with Gasteiger partial charge >= 0.3 is 0 Å². The van der Waals surface area contributed by atoms with Crippen molar-refractivity contribution in [3.8, 4) is 0 Å². The van der Waals surface area contributed by atoms with Gasteiger partial charge in [-0.1, -0.05) is 6.07 Å². The third-order valence-corrected chi connectivity index (χ3v) is 4.75. The maximum absolute atomic E-state index is 11.8. The molecule has 0 aliphatic carbocycles. The molecule has 0 atom stereocenters. The van der Waals surface area contributed by atoms with Crippen LogP contribution in [0.15, 0.2) is 41.6 Å². The van der Waals surface area contributed by atoms with E-state index in [9.17, 15) is 8.42 Å². The summed E-state index contributed by atoms with van der Waals surface area (Å²) in [6, 6.07) is 7.03. The minimum atomic E-state index is -3.30. The monoisotopic (exact) mass is 322 g/mol. The Kier molecular flexibility index (Phi) is 3.42. The summed E-state index contributed by atoms with van der Waals surface area (Å²) in [6.07, 6.45) is 4.79. The molecule has 2 aromatic heterocycles. The van der Waals surface area contributed by atoms with E-state index in [1.165, 1.54) is 6.26 Å². The summed E-state index contributed by atoms with van der Waals surface area (Å²) >= 11 is 5.31. The summed E-state index contributed by atoms with van der Waals surface area (Å²) in [6.45, 7) is 1.28. The Morgan fingerprint density at radius 2 is 2.10 bits per heavy atom. The van der Waals surface area contributed by atoms with E-state index in [0.717, 1.165) is 5.52 Å². The molecule has 0 radical (unpaired) electrons. The SMILES string of the molecule is CS(=O)(=O)c1cccc2c1[nH]c(=S)n2CCn1cccn1. The lowest BCUT2D eigenvalue weighted by atomic mass is 10.3. The van der Waals surface area contributed by atoms with Crippen molar-refractivity contribution < 1.29 is 8.42 Å². The lowest BCUT2D eigenvalue weighted by Crippen LogP contribution is -2.07. The molecule has 6 nitrogen and oxygen atoms in total. The lowest BCUT2D eigenvalue weighted by molar-refractivity contribution is 0.538. The first-order chi connectivity index (χ1) is 9.97. The number of aryl methyl sites for hydroxylation is 2. The van der Waals surface area contributed by atoms with E-state index in [4.69, 9.17) is 12.2 Å². The van der Waals surface area contributed by atoms with Crippen LogP contribution in [0.5, 0.6) is 0 Å². The van der Waals surface area contributed by atoms with Crippen molar-refractivity contribution in [2.75, 3.05) is 6.26 Å². The Bertz CT molecular complexity index is 936. The predicted octanol–water partition coefficient (Wildman–Crippen LogP) is 2.00. The van der Waals surface area contributed by atoms with Crippen LogP contribution >= 0.6 is 12.2 Å². The van der Waals surface area contributed by atoms with E-state index in [1.54, 1.807) is 23.0 Å². The normalized spacial score (nSPS) is 12.0. The highest BCUT2D eigenvalue weighted by Gasteiger charge is 2.15. The first-order valence-corrected chi connectivity index (χ1v) is 8.66. The first-order valence-electron chi connectivity index (χ1n) is 6.36. The Labute approximate surface area is 126 Å². The number of hydrogen-bond donors (Lipinski definition) is 1. The number of rotatable bonds is 4. The fourth-order valence-electron chi connectivity index (χ4n) is 2.32. The summed E-state index contributed by atoms with van der Waals surface area (Å²) in [5.74, 6) is 0. The minimum Gasteiger partial charge on any atom is -0.329 e. The van der Waals surface area contributed by atoms with Crippen LogP contribution < -0.4 is 0 Å². The number of aromatic amines is 1. The standard InChI is InChI=1S/C13H14N4O2S2/c1-21(18,19)11-5-2-4-10-12(11)15-13(20)17(10)9-8-16-7-3-6-14-16/h2-7H,8-9H2,1H3,(H,15,20). The van der Waals surface area contributed by atoms with Crippen molar-refractivity contribution in [1.82, 2.24) is 19.3 Å². The van der Waals surface area contributed by atoms with Gasteiger partial charge in [-0.15, -0.1) is 0 Å². The maximum atomic E-state index is 11.8. The highest BCUT2D eigenvalue weighted by molar-refractivity contribution is 7.91. The van der Waals surface area contributed by atoms with Gasteiger partial charge < -0.3 is 9.55 Å². The van der Waals surface area contributed by atoms with Gasteiger partial charge in [0.25, 0.3) is 0 Å². The summed E-state index contributed by atoms with van der Waals surface area (Å²) in [7, 11) is -3.30. The van der Waals surface area contributed by atoms with E-state index in [0.29, 0.717) is 23.4 Å². The third kappa shape index (κ3) is 2.64. The molecule has 1 N–H and O–H groups in total. The van der Waals surface area contributed by atoms with Crippen LogP contribution in [0.4, 0.5) is 0 Å². The van der Waals surface area contributed by atoms with Gasteiger partial charge in [0, 0.05) is 25.2 Å². The van der Waals surface area contributed by atoms with E-state index >= 15 is 0 Å². The van der Waals surface area contributed by atoms with Crippen molar-refractivity contribution in [2.24, 2.45) is 0 Å². The van der Waals surface area contributed by atoms with Gasteiger partial charge in [-0.2, -0.15) is 5.10 Å². The van der Waals surface area contributed by atoms with Crippen molar-refractivity contribution in [1.29, 1.82) is 0 Å². The van der Waals surface area contributed by atoms with E-state index in [-0.39, 0.29) is 4.90 Å². The Morgan fingerprint density at radius 1 is 1.29 bits per heavy atom. The summed E-state index contributed by atoms with van der Waals surface area (Å²) in [4.78, 5) is 3.27. The number of para-hydroxylation sites is 1. The number of fused-ring (bicyclic) bond motifs is 1. The average Bonchev–Trinajstić information content (AvgIpc) is 3.01. The topological polar surface area (TPSA) is 72.7 Å². The summed E-state index contributed by atoms with van der Waals surface area (Å²) in [5, 5.41) is 4.15. The Balaban J connectivity index is 2.08. The molecule has 0 saturated carbocycles. The van der Waals surface area contributed by atoms with Gasteiger partial charge in [-0.3, -0.25) is 4.68 Å². The Morgan fingerprint density at radius 3 is 2.76 bits per heavy atom. The molecule has 2 heterocycles. The quantitative estimate of drug-likeness (QED) is 0.746. The summed E-state index contributed by atoms with van der Waals surface area (Å²) < 4.78 is 27.9. The van der Waals surface area contributed by atoms with Crippen LogP contribution in [0.3, 0.4) is 0 Å². The molecule has 0 spiro atoms. The molecule has 0 bridgehead atoms. The van der Waals surface area contributed by atoms with Gasteiger partial charge in [0.2, 0.25) is 0 Å². The maximum Gasteiger partial charge on any atom is 0.178 e. The van der Waals surface area contributed by atoms with Crippen molar-refractivity contribution >= 4 is 33.1 Å². The van der Waals surface area contributed by atoms with E-state index in [1.807, 2.05) is 22.9 Å². The molecule has 110 valence electrons. The zero-order valence-electron chi connectivity index (χ0n) is 11.4. The lowest BCUT2D eigenvalue weighted by Gasteiger charge is -2.05. The van der Waals surface area contributed by atoms with Gasteiger partial charge in [-0.05, 0) is 30.4 Å². The molecule has 0 aliphatic heterocycles. The molecule has 21 heavy (non-hydrogen) atoms. The zero-order chi connectivity index (χ0) is 15.0. The highest BCUT2D eigenvalue weighted by Crippen LogP contribution is 2.22. The smallest absolute Gasteiger partial charge is 0.178 e. The number of H-pyrrole nitrogens is 1. The molecule has 0 unspecified atom stereocenters. The molecule has 0 amide bonds. The van der Waals surface area contributed by atoms with Crippen LogP contribution in [-0.2, 0) is 22.9 Å². The molecule has 8 heteroatoms. The largest absolute Gasteiger partial charge is 0.329 e. The van der Waals surface area contributed by atoms with Crippen molar-refractivity contribution in [3.05, 3.63) is 41.4 Å². The molecule has 0 aliphatic rings. The van der Waals surface area contributed by atoms with E-state index < -0.39 is 9.84 Å². The van der Waals surface area contributed by atoms with Gasteiger partial charge in [0.05, 0.1) is 22.5 Å². The first kappa shape index (κ1) is 14.0. The molecule has 0 saturated heterocycles. The number of hydrogen-bond acceptors (Lipinski definition) is 4. The molecular formula is C13H14N4O2S2. The molecule has 0 fully saturated rings. The fourth-order valence-corrected chi connectivity index (χ4v) is 3.46. The second-order valence-electron chi connectivity index (χ2n) is 4.77. The van der Waals surface area contributed by atoms with Crippen LogP contribution in [0, 0.1) is 4.77 Å². The molecule has 3 rings (SSSR count). The number of nitrogens with one attached hydrogen (secondary N) is 1. The highest BCUT2D eigenvalue weighted by atomic mass is 32.2. The molecule has 3 aromatic rings. The van der Waals surface area contributed by atoms with Crippen LogP contribution in [0.1, 0.15) is 0 Å².